The molecule has 1 aliphatic carbocycles. The standard InChI is InChI=1S/C15H20OS/c1-2-14(17-13-10-6-7-11-13)15(16)12-8-4-3-5-9-12/h3-5,8-9,13-14H,2,6-7,10-11H2,1H3. The van der Waals surface area contributed by atoms with E-state index in [0.717, 1.165) is 12.0 Å². The summed E-state index contributed by atoms with van der Waals surface area (Å²) in [4.78, 5) is 12.3. The van der Waals surface area contributed by atoms with Crippen molar-refractivity contribution < 1.29 is 4.79 Å². The third-order valence-corrected chi connectivity index (χ3v) is 5.11. The summed E-state index contributed by atoms with van der Waals surface area (Å²) in [6.45, 7) is 2.12. The first-order valence-corrected chi connectivity index (χ1v) is 7.50. The van der Waals surface area contributed by atoms with Crippen LogP contribution in [0.4, 0.5) is 0 Å². The smallest absolute Gasteiger partial charge is 0.175 e. The number of Topliss-reactive ketones (excluding diaryl/α,β-unsaturated/α-hetero) is 1. The van der Waals surface area contributed by atoms with E-state index >= 15 is 0 Å². The fourth-order valence-corrected chi connectivity index (χ4v) is 3.91. The van der Waals surface area contributed by atoms with Crippen molar-refractivity contribution in [1.29, 1.82) is 0 Å². The number of carbonyl (C=O) groups excluding carboxylic acids is 1. The highest BCUT2D eigenvalue weighted by Gasteiger charge is 2.24. The van der Waals surface area contributed by atoms with E-state index in [9.17, 15) is 4.79 Å². The average Bonchev–Trinajstić information content (AvgIpc) is 2.89. The van der Waals surface area contributed by atoms with E-state index in [4.69, 9.17) is 0 Å². The molecule has 1 aromatic rings. The van der Waals surface area contributed by atoms with Crippen molar-refractivity contribution in [3.8, 4) is 0 Å². The van der Waals surface area contributed by atoms with Gasteiger partial charge in [0.15, 0.2) is 5.78 Å². The molecule has 1 fully saturated rings. The van der Waals surface area contributed by atoms with Crippen molar-refractivity contribution in [2.75, 3.05) is 0 Å². The predicted octanol–water partition coefficient (Wildman–Crippen LogP) is 4.32. The minimum atomic E-state index is 0.153. The molecule has 0 aliphatic heterocycles. The summed E-state index contributed by atoms with van der Waals surface area (Å²) in [5.41, 5.74) is 0.866. The first-order chi connectivity index (χ1) is 8.31. The van der Waals surface area contributed by atoms with Gasteiger partial charge in [-0.05, 0) is 19.3 Å². The van der Waals surface area contributed by atoms with Crippen LogP contribution in [0.1, 0.15) is 49.4 Å². The summed E-state index contributed by atoms with van der Waals surface area (Å²) in [7, 11) is 0. The molecule has 0 radical (unpaired) electrons. The van der Waals surface area contributed by atoms with Crippen LogP contribution in [0.2, 0.25) is 0 Å². The molecule has 0 N–H and O–H groups in total. The summed E-state index contributed by atoms with van der Waals surface area (Å²) in [6.07, 6.45) is 6.21. The summed E-state index contributed by atoms with van der Waals surface area (Å²) in [5, 5.41) is 0.869. The predicted molar refractivity (Wildman–Crippen MR) is 74.7 cm³/mol. The molecule has 1 atom stereocenters. The Hall–Kier alpha value is -0.760. The Labute approximate surface area is 108 Å². The lowest BCUT2D eigenvalue weighted by Crippen LogP contribution is -2.19. The molecule has 1 aliphatic rings. The van der Waals surface area contributed by atoms with E-state index in [1.165, 1.54) is 25.7 Å². The van der Waals surface area contributed by atoms with E-state index < -0.39 is 0 Å². The zero-order chi connectivity index (χ0) is 12.1. The van der Waals surface area contributed by atoms with E-state index in [1.807, 2.05) is 42.1 Å². The van der Waals surface area contributed by atoms with Gasteiger partial charge in [0.25, 0.3) is 0 Å². The lowest BCUT2D eigenvalue weighted by Gasteiger charge is -2.17. The Bertz CT molecular complexity index is 354. The maximum Gasteiger partial charge on any atom is 0.175 e. The number of rotatable bonds is 5. The maximum atomic E-state index is 12.3. The van der Waals surface area contributed by atoms with Gasteiger partial charge in [-0.1, -0.05) is 50.1 Å². The molecule has 1 unspecified atom stereocenters. The van der Waals surface area contributed by atoms with Crippen LogP contribution in [0.25, 0.3) is 0 Å². The highest BCUT2D eigenvalue weighted by atomic mass is 32.2. The second kappa shape index (κ2) is 6.25. The van der Waals surface area contributed by atoms with Crippen molar-refractivity contribution >= 4 is 17.5 Å². The molecule has 2 heteroatoms. The van der Waals surface area contributed by atoms with Crippen LogP contribution in [0.3, 0.4) is 0 Å². The fraction of sp³-hybridized carbons (Fsp3) is 0.533. The van der Waals surface area contributed by atoms with E-state index in [2.05, 4.69) is 6.92 Å². The average molecular weight is 248 g/mol. The first-order valence-electron chi connectivity index (χ1n) is 6.56. The lowest BCUT2D eigenvalue weighted by atomic mass is 10.1. The Morgan fingerprint density at radius 1 is 1.29 bits per heavy atom. The molecule has 0 bridgehead atoms. The third-order valence-electron chi connectivity index (χ3n) is 3.38. The van der Waals surface area contributed by atoms with Crippen LogP contribution in [0.5, 0.6) is 0 Å². The van der Waals surface area contributed by atoms with E-state index in [0.29, 0.717) is 11.0 Å². The van der Waals surface area contributed by atoms with Gasteiger partial charge in [0, 0.05) is 10.8 Å². The molecular weight excluding hydrogens is 228 g/mol. The summed E-state index contributed by atoms with van der Waals surface area (Å²) in [5.74, 6) is 0.310. The van der Waals surface area contributed by atoms with E-state index in [-0.39, 0.29) is 5.25 Å². The lowest BCUT2D eigenvalue weighted by molar-refractivity contribution is 0.0988. The Morgan fingerprint density at radius 2 is 1.94 bits per heavy atom. The minimum Gasteiger partial charge on any atom is -0.293 e. The van der Waals surface area contributed by atoms with Crippen LogP contribution in [0.15, 0.2) is 30.3 Å². The zero-order valence-electron chi connectivity index (χ0n) is 10.4. The molecule has 1 saturated carbocycles. The van der Waals surface area contributed by atoms with Gasteiger partial charge < -0.3 is 0 Å². The quantitative estimate of drug-likeness (QED) is 0.722. The number of hydrogen-bond acceptors (Lipinski definition) is 2. The Morgan fingerprint density at radius 3 is 2.53 bits per heavy atom. The molecule has 1 aromatic carbocycles. The molecule has 0 saturated heterocycles. The highest BCUT2D eigenvalue weighted by Crippen LogP contribution is 2.34. The van der Waals surface area contributed by atoms with Gasteiger partial charge in [0.05, 0.1) is 5.25 Å². The fourth-order valence-electron chi connectivity index (χ4n) is 2.39. The van der Waals surface area contributed by atoms with Crippen molar-refractivity contribution in [2.24, 2.45) is 0 Å². The van der Waals surface area contributed by atoms with Crippen LogP contribution < -0.4 is 0 Å². The molecule has 0 spiro atoms. The van der Waals surface area contributed by atoms with Gasteiger partial charge >= 0.3 is 0 Å². The molecule has 0 amide bonds. The molecule has 17 heavy (non-hydrogen) atoms. The maximum absolute atomic E-state index is 12.3. The molecule has 1 nitrogen and oxygen atoms in total. The number of hydrogen-bond donors (Lipinski definition) is 0. The van der Waals surface area contributed by atoms with Crippen molar-refractivity contribution in [3.05, 3.63) is 35.9 Å². The number of ketones is 1. The Balaban J connectivity index is 2.00. The topological polar surface area (TPSA) is 17.1 Å². The third kappa shape index (κ3) is 3.35. The van der Waals surface area contributed by atoms with Gasteiger partial charge in [0.2, 0.25) is 0 Å². The van der Waals surface area contributed by atoms with Gasteiger partial charge in [-0.25, -0.2) is 0 Å². The normalized spacial score (nSPS) is 18.2. The van der Waals surface area contributed by atoms with Gasteiger partial charge in [-0.2, -0.15) is 0 Å². The Kier molecular flexibility index (Phi) is 4.66. The number of thioether (sulfide) groups is 1. The molecule has 2 rings (SSSR count). The number of benzene rings is 1. The monoisotopic (exact) mass is 248 g/mol. The van der Waals surface area contributed by atoms with Gasteiger partial charge in [-0.3, -0.25) is 4.79 Å². The number of carbonyl (C=O) groups is 1. The summed E-state index contributed by atoms with van der Waals surface area (Å²) < 4.78 is 0. The van der Waals surface area contributed by atoms with Crippen LogP contribution in [-0.4, -0.2) is 16.3 Å². The van der Waals surface area contributed by atoms with Gasteiger partial charge in [-0.15, -0.1) is 11.8 Å². The van der Waals surface area contributed by atoms with Crippen molar-refractivity contribution in [2.45, 2.75) is 49.5 Å². The van der Waals surface area contributed by atoms with Crippen LogP contribution >= 0.6 is 11.8 Å². The minimum absolute atomic E-state index is 0.153. The summed E-state index contributed by atoms with van der Waals surface area (Å²) >= 11 is 1.91. The molecule has 0 aromatic heterocycles. The first kappa shape index (κ1) is 12.7. The summed E-state index contributed by atoms with van der Waals surface area (Å²) in [6, 6.07) is 9.71. The SMILES string of the molecule is CCC(SC1CCCC1)C(=O)c1ccccc1. The second-order valence-corrected chi connectivity index (χ2v) is 6.18. The molecular formula is C15H20OS. The molecule has 0 heterocycles. The molecule has 92 valence electrons. The van der Waals surface area contributed by atoms with Crippen LogP contribution in [0, 0.1) is 0 Å². The highest BCUT2D eigenvalue weighted by molar-refractivity contribution is 8.01. The van der Waals surface area contributed by atoms with Gasteiger partial charge in [0.1, 0.15) is 0 Å². The van der Waals surface area contributed by atoms with Crippen molar-refractivity contribution in [1.82, 2.24) is 0 Å². The zero-order valence-corrected chi connectivity index (χ0v) is 11.2. The van der Waals surface area contributed by atoms with E-state index in [1.54, 1.807) is 0 Å². The largest absolute Gasteiger partial charge is 0.293 e. The van der Waals surface area contributed by atoms with Crippen LogP contribution in [-0.2, 0) is 0 Å². The second-order valence-electron chi connectivity index (χ2n) is 4.67. The van der Waals surface area contributed by atoms with Crippen molar-refractivity contribution in [3.63, 3.8) is 0 Å².